The minimum absolute atomic E-state index is 0.112. The van der Waals surface area contributed by atoms with Crippen LogP contribution in [0.25, 0.3) is 0 Å². The zero-order valence-corrected chi connectivity index (χ0v) is 16.1. The SMILES string of the molecule is C=C[N+]1(C)CCCC(CCC(O)CCC2CCC[N+](C)(C=C)C2)C1. The van der Waals surface area contributed by atoms with E-state index in [9.17, 15) is 5.11 Å². The van der Waals surface area contributed by atoms with Gasteiger partial charge in [0.25, 0.3) is 0 Å². The van der Waals surface area contributed by atoms with Crippen LogP contribution < -0.4 is 0 Å². The fraction of sp³-hybridized carbons (Fsp3) is 0.810. The van der Waals surface area contributed by atoms with Crippen LogP contribution in [0.4, 0.5) is 0 Å². The van der Waals surface area contributed by atoms with E-state index in [0.29, 0.717) is 0 Å². The first-order valence-corrected chi connectivity index (χ1v) is 10.0. The molecule has 2 aliphatic heterocycles. The van der Waals surface area contributed by atoms with Crippen LogP contribution in [0.2, 0.25) is 0 Å². The predicted molar refractivity (Wildman–Crippen MR) is 102 cm³/mol. The van der Waals surface area contributed by atoms with Crippen LogP contribution in [0.15, 0.2) is 25.6 Å². The van der Waals surface area contributed by atoms with Gasteiger partial charge in [-0.3, -0.25) is 8.97 Å². The molecule has 138 valence electrons. The summed E-state index contributed by atoms with van der Waals surface area (Å²) >= 11 is 0. The number of aliphatic hydroxyl groups is 1. The van der Waals surface area contributed by atoms with Crippen LogP contribution in [-0.2, 0) is 0 Å². The summed E-state index contributed by atoms with van der Waals surface area (Å²) in [6.45, 7) is 12.9. The second-order valence-electron chi connectivity index (χ2n) is 8.96. The van der Waals surface area contributed by atoms with Crippen LogP contribution in [0.3, 0.4) is 0 Å². The Hall–Kier alpha value is -0.640. The summed E-state index contributed by atoms with van der Waals surface area (Å²) in [5.41, 5.74) is 0. The van der Waals surface area contributed by atoms with Crippen molar-refractivity contribution >= 4 is 0 Å². The summed E-state index contributed by atoms with van der Waals surface area (Å²) < 4.78 is 2.00. The third-order valence-electron chi connectivity index (χ3n) is 6.61. The molecule has 0 aromatic rings. The van der Waals surface area contributed by atoms with Gasteiger partial charge in [-0.2, -0.15) is 0 Å². The lowest BCUT2D eigenvalue weighted by Crippen LogP contribution is -2.46. The van der Waals surface area contributed by atoms with Crippen molar-refractivity contribution in [3.05, 3.63) is 25.6 Å². The Bertz CT molecular complexity index is 386. The first-order valence-electron chi connectivity index (χ1n) is 10.0. The van der Waals surface area contributed by atoms with E-state index in [4.69, 9.17) is 0 Å². The van der Waals surface area contributed by atoms with E-state index < -0.39 is 0 Å². The van der Waals surface area contributed by atoms with Gasteiger partial charge in [0.1, 0.15) is 0 Å². The van der Waals surface area contributed by atoms with E-state index >= 15 is 0 Å². The Balaban J connectivity index is 1.67. The second-order valence-corrected chi connectivity index (χ2v) is 8.96. The third-order valence-corrected chi connectivity index (χ3v) is 6.61. The Morgan fingerprint density at radius 3 is 1.71 bits per heavy atom. The maximum Gasteiger partial charge on any atom is 0.0883 e. The van der Waals surface area contributed by atoms with Crippen LogP contribution >= 0.6 is 0 Å². The summed E-state index contributed by atoms with van der Waals surface area (Å²) in [6, 6.07) is 0. The van der Waals surface area contributed by atoms with Gasteiger partial charge in [-0.1, -0.05) is 0 Å². The number of likely N-dealkylation sites (tertiary alicyclic amines) is 2. The average Bonchev–Trinajstić information content (AvgIpc) is 2.58. The van der Waals surface area contributed by atoms with Gasteiger partial charge in [-0.15, -0.1) is 0 Å². The highest BCUT2D eigenvalue weighted by atomic mass is 16.3. The zero-order valence-electron chi connectivity index (χ0n) is 16.1. The van der Waals surface area contributed by atoms with Crippen molar-refractivity contribution in [1.82, 2.24) is 0 Å². The molecule has 2 fully saturated rings. The first-order chi connectivity index (χ1) is 11.4. The van der Waals surface area contributed by atoms with Gasteiger partial charge >= 0.3 is 0 Å². The van der Waals surface area contributed by atoms with Gasteiger partial charge in [0.2, 0.25) is 0 Å². The Labute approximate surface area is 149 Å². The van der Waals surface area contributed by atoms with E-state index in [0.717, 1.165) is 33.6 Å². The van der Waals surface area contributed by atoms with E-state index in [1.807, 2.05) is 0 Å². The molecule has 0 spiro atoms. The number of nitrogens with zero attached hydrogens (tertiary/aromatic N) is 2. The van der Waals surface area contributed by atoms with Gasteiger partial charge in [-0.25, -0.2) is 0 Å². The van der Waals surface area contributed by atoms with Gasteiger partial charge in [0, 0.05) is 11.8 Å². The molecule has 0 saturated carbocycles. The van der Waals surface area contributed by atoms with Crippen molar-refractivity contribution in [3.8, 4) is 0 Å². The van der Waals surface area contributed by atoms with Gasteiger partial charge in [0.05, 0.1) is 58.8 Å². The lowest BCUT2D eigenvalue weighted by molar-refractivity contribution is -0.868. The van der Waals surface area contributed by atoms with Gasteiger partial charge in [0.15, 0.2) is 0 Å². The summed E-state index contributed by atoms with van der Waals surface area (Å²) in [7, 11) is 4.57. The average molecular weight is 337 g/mol. The van der Waals surface area contributed by atoms with Crippen LogP contribution in [-0.4, -0.2) is 60.5 Å². The highest BCUT2D eigenvalue weighted by molar-refractivity contribution is 4.73. The number of hydrogen-bond acceptors (Lipinski definition) is 1. The number of rotatable bonds is 8. The van der Waals surface area contributed by atoms with Crippen LogP contribution in [0.5, 0.6) is 0 Å². The molecule has 1 N–H and O–H groups in total. The molecule has 4 unspecified atom stereocenters. The largest absolute Gasteiger partial charge is 0.393 e. The maximum absolute atomic E-state index is 10.4. The molecule has 2 aliphatic rings. The Morgan fingerprint density at radius 1 is 0.917 bits per heavy atom. The van der Waals surface area contributed by atoms with Crippen LogP contribution in [0, 0.1) is 11.8 Å². The summed E-state index contributed by atoms with van der Waals surface area (Å²) in [6.07, 6.45) is 13.6. The monoisotopic (exact) mass is 336 g/mol. The molecule has 3 heteroatoms. The molecule has 2 rings (SSSR count). The van der Waals surface area contributed by atoms with E-state index in [-0.39, 0.29) is 6.10 Å². The van der Waals surface area contributed by atoms with E-state index in [1.165, 1.54) is 64.7 Å². The normalized spacial score (nSPS) is 38.5. The summed E-state index contributed by atoms with van der Waals surface area (Å²) in [4.78, 5) is 0. The molecular formula is C21H40N2O+2. The molecule has 24 heavy (non-hydrogen) atoms. The minimum atomic E-state index is -0.112. The van der Waals surface area contributed by atoms with E-state index in [2.05, 4.69) is 39.7 Å². The smallest absolute Gasteiger partial charge is 0.0883 e. The molecule has 2 saturated heterocycles. The van der Waals surface area contributed by atoms with Crippen molar-refractivity contribution in [1.29, 1.82) is 0 Å². The summed E-state index contributed by atoms with van der Waals surface area (Å²) in [5, 5.41) is 10.4. The minimum Gasteiger partial charge on any atom is -0.393 e. The molecular weight excluding hydrogens is 296 g/mol. The molecule has 0 amide bonds. The van der Waals surface area contributed by atoms with E-state index in [1.54, 1.807) is 0 Å². The lowest BCUT2D eigenvalue weighted by Gasteiger charge is -2.39. The zero-order chi connectivity index (χ0) is 17.6. The molecule has 0 radical (unpaired) electrons. The number of quaternary nitrogens is 2. The lowest BCUT2D eigenvalue weighted by atomic mass is 9.88. The standard InChI is InChI=1S/C21H40N2O/c1-5-22(3)15-7-9-19(17-22)11-13-21(24)14-12-20-10-8-16-23(4,6-2)18-20/h5-6,19-21,24H,1-2,7-18H2,3-4H3/q+2. The van der Waals surface area contributed by atoms with Crippen molar-refractivity contribution < 1.29 is 14.1 Å². The molecule has 0 aromatic carbocycles. The van der Waals surface area contributed by atoms with Gasteiger partial charge < -0.3 is 5.11 Å². The van der Waals surface area contributed by atoms with Crippen molar-refractivity contribution in [3.63, 3.8) is 0 Å². The van der Waals surface area contributed by atoms with Crippen molar-refractivity contribution in [2.45, 2.75) is 57.5 Å². The fourth-order valence-corrected chi connectivity index (χ4v) is 4.83. The quantitative estimate of drug-likeness (QED) is 0.666. The summed E-state index contributed by atoms with van der Waals surface area (Å²) in [5.74, 6) is 1.51. The first kappa shape index (κ1) is 19.7. The Morgan fingerprint density at radius 2 is 1.33 bits per heavy atom. The molecule has 0 aliphatic carbocycles. The molecule has 4 atom stereocenters. The number of aliphatic hydroxyl groups excluding tert-OH is 1. The second kappa shape index (κ2) is 8.64. The highest BCUT2D eigenvalue weighted by Crippen LogP contribution is 2.29. The Kier molecular flexibility index (Phi) is 7.09. The number of piperidine rings is 2. The molecule has 0 bridgehead atoms. The van der Waals surface area contributed by atoms with Crippen molar-refractivity contribution in [2.24, 2.45) is 11.8 Å². The molecule has 0 aromatic heterocycles. The number of hydrogen-bond donors (Lipinski definition) is 1. The third kappa shape index (κ3) is 5.72. The van der Waals surface area contributed by atoms with Crippen molar-refractivity contribution in [2.75, 3.05) is 40.3 Å². The molecule has 2 heterocycles. The fourth-order valence-electron chi connectivity index (χ4n) is 4.83. The topological polar surface area (TPSA) is 20.2 Å². The van der Waals surface area contributed by atoms with Gasteiger partial charge in [-0.05, 0) is 64.5 Å². The highest BCUT2D eigenvalue weighted by Gasteiger charge is 2.31. The molecule has 3 nitrogen and oxygen atoms in total. The van der Waals surface area contributed by atoms with Crippen LogP contribution in [0.1, 0.15) is 51.4 Å². The maximum atomic E-state index is 10.4. The predicted octanol–water partition coefficient (Wildman–Crippen LogP) is 3.91.